The summed E-state index contributed by atoms with van der Waals surface area (Å²) in [6.45, 7) is 4.05. The van der Waals surface area contributed by atoms with Crippen molar-refractivity contribution in [2.45, 2.75) is 13.8 Å². The highest BCUT2D eigenvalue weighted by molar-refractivity contribution is 9.11. The number of hydrogen-bond acceptors (Lipinski definition) is 5. The molecule has 0 aliphatic heterocycles. The Labute approximate surface area is 236 Å². The van der Waals surface area contributed by atoms with Crippen LogP contribution in [0.5, 0.6) is 11.5 Å². The molecule has 0 fully saturated rings. The van der Waals surface area contributed by atoms with Gasteiger partial charge in [0.05, 0.1) is 15.6 Å². The number of hydrogen-bond donors (Lipinski definition) is 2. The fourth-order valence-electron chi connectivity index (χ4n) is 3.12. The highest BCUT2D eigenvalue weighted by atomic mass is 79.9. The van der Waals surface area contributed by atoms with E-state index in [1.165, 1.54) is 6.08 Å². The monoisotopic (exact) mass is 645 g/mol. The molecule has 37 heavy (non-hydrogen) atoms. The molecule has 0 spiro atoms. The highest BCUT2D eigenvalue weighted by Crippen LogP contribution is 2.35. The van der Waals surface area contributed by atoms with E-state index in [-0.39, 0.29) is 18.1 Å². The quantitative estimate of drug-likeness (QED) is 0.190. The normalized spacial score (nSPS) is 10.9. The Morgan fingerprint density at radius 2 is 1.65 bits per heavy atom. The van der Waals surface area contributed by atoms with Gasteiger partial charge in [0.25, 0.3) is 11.8 Å². The van der Waals surface area contributed by atoms with E-state index >= 15 is 0 Å². The van der Waals surface area contributed by atoms with Crippen LogP contribution < -0.4 is 20.1 Å². The van der Waals surface area contributed by atoms with E-state index in [4.69, 9.17) is 21.1 Å². The molecule has 0 aliphatic carbocycles. The van der Waals surface area contributed by atoms with E-state index in [9.17, 15) is 14.9 Å². The van der Waals surface area contributed by atoms with Gasteiger partial charge in [0, 0.05) is 16.4 Å². The predicted molar refractivity (Wildman–Crippen MR) is 152 cm³/mol. The Kier molecular flexibility index (Phi) is 10.1. The Bertz CT molecular complexity index is 1360. The van der Waals surface area contributed by atoms with Gasteiger partial charge in [-0.2, -0.15) is 5.26 Å². The van der Waals surface area contributed by atoms with Gasteiger partial charge >= 0.3 is 0 Å². The fourth-order valence-corrected chi connectivity index (χ4v) is 4.75. The molecule has 190 valence electrons. The maximum Gasteiger partial charge on any atom is 0.266 e. The zero-order chi connectivity index (χ0) is 26.9. The van der Waals surface area contributed by atoms with E-state index in [0.717, 1.165) is 5.56 Å². The standard InChI is InChI=1S/C27H22Br2ClN3O4/c1-3-36-21-8-6-19(7-9-21)33-27(35)18(14-31)10-17-11-22(28)26(23(29)12-17)37-15-25(34)32-20-5-4-16(2)24(30)13-20/h4-13H,3,15H2,1-2H3,(H,32,34)(H,33,35)/b18-10+. The number of anilines is 2. The minimum absolute atomic E-state index is 0.0857. The third kappa shape index (κ3) is 8.09. The SMILES string of the molecule is CCOc1ccc(NC(=O)/C(C#N)=C/c2cc(Br)c(OCC(=O)Nc3ccc(C)c(Cl)c3)c(Br)c2)cc1. The first-order chi connectivity index (χ1) is 17.7. The van der Waals surface area contributed by atoms with Gasteiger partial charge in [-0.05, 0) is 111 Å². The van der Waals surface area contributed by atoms with Crippen LogP contribution in [0.15, 0.2) is 69.1 Å². The van der Waals surface area contributed by atoms with Gasteiger partial charge in [-0.15, -0.1) is 0 Å². The van der Waals surface area contributed by atoms with Gasteiger partial charge in [-0.1, -0.05) is 17.7 Å². The summed E-state index contributed by atoms with van der Waals surface area (Å²) in [5, 5.41) is 15.5. The summed E-state index contributed by atoms with van der Waals surface area (Å²) < 4.78 is 12.1. The Balaban J connectivity index is 1.66. The summed E-state index contributed by atoms with van der Waals surface area (Å²) >= 11 is 13.0. The Hall–Kier alpha value is -3.32. The second kappa shape index (κ2) is 13.3. The number of nitrogens with one attached hydrogen (secondary N) is 2. The molecule has 7 nitrogen and oxygen atoms in total. The summed E-state index contributed by atoms with van der Waals surface area (Å²) in [5.41, 5.74) is 2.49. The van der Waals surface area contributed by atoms with E-state index in [1.54, 1.807) is 48.5 Å². The minimum Gasteiger partial charge on any atom is -0.494 e. The van der Waals surface area contributed by atoms with Crippen LogP contribution >= 0.6 is 43.5 Å². The molecular weight excluding hydrogens is 626 g/mol. The number of rotatable bonds is 9. The molecule has 3 aromatic rings. The van der Waals surface area contributed by atoms with Crippen molar-refractivity contribution in [3.63, 3.8) is 0 Å². The van der Waals surface area contributed by atoms with Crippen molar-refractivity contribution in [3.05, 3.63) is 85.3 Å². The fraction of sp³-hybridized carbons (Fsp3) is 0.148. The van der Waals surface area contributed by atoms with Crippen LogP contribution in [0.2, 0.25) is 5.02 Å². The van der Waals surface area contributed by atoms with Crippen molar-refractivity contribution in [1.29, 1.82) is 5.26 Å². The zero-order valence-corrected chi connectivity index (χ0v) is 23.8. The third-order valence-corrected chi connectivity index (χ3v) is 6.51. The number of carbonyl (C=O) groups excluding carboxylic acids is 2. The third-order valence-electron chi connectivity index (χ3n) is 4.92. The van der Waals surface area contributed by atoms with Crippen LogP contribution in [0.3, 0.4) is 0 Å². The first-order valence-electron chi connectivity index (χ1n) is 11.0. The summed E-state index contributed by atoms with van der Waals surface area (Å²) in [6.07, 6.45) is 1.46. The summed E-state index contributed by atoms with van der Waals surface area (Å²) in [6, 6.07) is 17.4. The number of ether oxygens (including phenoxy) is 2. The lowest BCUT2D eigenvalue weighted by Crippen LogP contribution is -2.20. The maximum absolute atomic E-state index is 12.6. The van der Waals surface area contributed by atoms with Crippen LogP contribution in [0.1, 0.15) is 18.1 Å². The zero-order valence-electron chi connectivity index (χ0n) is 19.9. The summed E-state index contributed by atoms with van der Waals surface area (Å²) in [5.74, 6) is 0.171. The lowest BCUT2D eigenvalue weighted by molar-refractivity contribution is -0.118. The molecule has 0 heterocycles. The molecule has 0 atom stereocenters. The van der Waals surface area contributed by atoms with Crippen LogP contribution in [0, 0.1) is 18.3 Å². The molecule has 0 saturated heterocycles. The van der Waals surface area contributed by atoms with Crippen LogP contribution in [0.4, 0.5) is 11.4 Å². The lowest BCUT2D eigenvalue weighted by Gasteiger charge is -2.12. The second-order valence-electron chi connectivity index (χ2n) is 7.70. The smallest absolute Gasteiger partial charge is 0.266 e. The first kappa shape index (κ1) is 28.3. The van der Waals surface area contributed by atoms with E-state index in [1.807, 2.05) is 26.0 Å². The molecule has 3 aromatic carbocycles. The molecule has 2 N–H and O–H groups in total. The predicted octanol–water partition coefficient (Wildman–Crippen LogP) is 7.14. The molecule has 0 saturated carbocycles. The summed E-state index contributed by atoms with van der Waals surface area (Å²) in [4.78, 5) is 25.0. The molecule has 0 radical (unpaired) electrons. The van der Waals surface area contributed by atoms with E-state index < -0.39 is 5.91 Å². The van der Waals surface area contributed by atoms with E-state index in [0.29, 0.717) is 49.0 Å². The molecule has 2 amide bonds. The van der Waals surface area contributed by atoms with Crippen LogP contribution in [-0.4, -0.2) is 25.0 Å². The van der Waals surface area contributed by atoms with Gasteiger partial charge in [0.15, 0.2) is 6.61 Å². The van der Waals surface area contributed by atoms with Gasteiger partial charge in [-0.3, -0.25) is 9.59 Å². The topological polar surface area (TPSA) is 100 Å². The number of nitriles is 1. The van der Waals surface area contributed by atoms with Crippen molar-refractivity contribution in [2.75, 3.05) is 23.8 Å². The number of halogens is 3. The molecule has 0 aliphatic rings. The number of amides is 2. The molecule has 0 unspecified atom stereocenters. The number of benzene rings is 3. The Morgan fingerprint density at radius 1 is 1.00 bits per heavy atom. The largest absolute Gasteiger partial charge is 0.494 e. The van der Waals surface area contributed by atoms with Crippen LogP contribution in [-0.2, 0) is 9.59 Å². The average Bonchev–Trinajstić information content (AvgIpc) is 2.85. The maximum atomic E-state index is 12.6. The van der Waals surface area contributed by atoms with Crippen molar-refractivity contribution < 1.29 is 19.1 Å². The van der Waals surface area contributed by atoms with Gasteiger partial charge in [0.2, 0.25) is 0 Å². The second-order valence-corrected chi connectivity index (χ2v) is 9.81. The lowest BCUT2D eigenvalue weighted by atomic mass is 10.1. The highest BCUT2D eigenvalue weighted by Gasteiger charge is 2.14. The number of carbonyl (C=O) groups is 2. The van der Waals surface area contributed by atoms with Crippen molar-refractivity contribution in [1.82, 2.24) is 0 Å². The van der Waals surface area contributed by atoms with E-state index in [2.05, 4.69) is 42.5 Å². The van der Waals surface area contributed by atoms with Gasteiger partial charge in [-0.25, -0.2) is 0 Å². The van der Waals surface area contributed by atoms with Crippen molar-refractivity contribution >= 4 is 72.7 Å². The average molecular weight is 648 g/mol. The van der Waals surface area contributed by atoms with Crippen molar-refractivity contribution in [2.24, 2.45) is 0 Å². The molecule has 3 rings (SSSR count). The number of nitrogens with zero attached hydrogens (tertiary/aromatic N) is 1. The van der Waals surface area contributed by atoms with Gasteiger partial charge in [0.1, 0.15) is 23.1 Å². The van der Waals surface area contributed by atoms with Gasteiger partial charge < -0.3 is 20.1 Å². The Morgan fingerprint density at radius 3 is 2.24 bits per heavy atom. The first-order valence-corrected chi connectivity index (χ1v) is 13.0. The minimum atomic E-state index is -0.549. The molecule has 0 bridgehead atoms. The van der Waals surface area contributed by atoms with Crippen LogP contribution in [0.25, 0.3) is 6.08 Å². The summed E-state index contributed by atoms with van der Waals surface area (Å²) in [7, 11) is 0. The molecule has 0 aromatic heterocycles. The number of aryl methyl sites for hydroxylation is 1. The molecular formula is C27H22Br2ClN3O4. The van der Waals surface area contributed by atoms with Crippen molar-refractivity contribution in [3.8, 4) is 17.6 Å². The molecule has 10 heteroatoms.